The van der Waals surface area contributed by atoms with Crippen LogP contribution in [0.4, 0.5) is 0 Å². The summed E-state index contributed by atoms with van der Waals surface area (Å²) >= 11 is 3.26. The second kappa shape index (κ2) is 9.15. The maximum Gasteiger partial charge on any atom is 0.259 e. The van der Waals surface area contributed by atoms with Gasteiger partial charge in [0.1, 0.15) is 17.3 Å². The summed E-state index contributed by atoms with van der Waals surface area (Å²) < 4.78 is 11.7. The van der Waals surface area contributed by atoms with Crippen LogP contribution in [0, 0.1) is 0 Å². The zero-order valence-corrected chi connectivity index (χ0v) is 19.5. The predicted octanol–water partition coefficient (Wildman–Crippen LogP) is 3.40. The molecule has 9 heteroatoms. The molecule has 0 radical (unpaired) electrons. The number of hydrogen-bond acceptors (Lipinski definition) is 7. The minimum Gasteiger partial charge on any atom is -0.486 e. The van der Waals surface area contributed by atoms with Crippen molar-refractivity contribution < 1.29 is 14.3 Å². The average Bonchev–Trinajstić information content (AvgIpc) is 3.37. The minimum atomic E-state index is -0.181. The Bertz CT molecular complexity index is 1210. The number of nitrogens with zero attached hydrogens (tertiary/aromatic N) is 2. The van der Waals surface area contributed by atoms with Crippen LogP contribution in [0.25, 0.3) is 10.2 Å². The normalized spacial score (nSPS) is 16.8. The first-order valence-corrected chi connectivity index (χ1v) is 12.8. The number of ether oxygens (including phenoxy) is 2. The summed E-state index contributed by atoms with van der Waals surface area (Å²) in [6, 6.07) is 7.57. The molecule has 168 valence electrons. The highest BCUT2D eigenvalue weighted by Crippen LogP contribution is 2.34. The van der Waals surface area contributed by atoms with E-state index in [0.29, 0.717) is 36.9 Å². The number of H-pyrrole nitrogens is 1. The second-order valence-corrected chi connectivity index (χ2v) is 10.3. The number of aromatic nitrogens is 2. The molecule has 0 saturated carbocycles. The third-order valence-corrected chi connectivity index (χ3v) is 7.95. The lowest BCUT2D eigenvalue weighted by Crippen LogP contribution is -2.41. The van der Waals surface area contributed by atoms with Gasteiger partial charge >= 0.3 is 0 Å². The van der Waals surface area contributed by atoms with E-state index in [0.717, 1.165) is 41.0 Å². The molecule has 1 aromatic carbocycles. The lowest BCUT2D eigenvalue weighted by Gasteiger charge is -2.29. The van der Waals surface area contributed by atoms with Crippen molar-refractivity contribution >= 4 is 39.2 Å². The highest BCUT2D eigenvalue weighted by Gasteiger charge is 2.24. The third-order valence-electron chi connectivity index (χ3n) is 5.79. The monoisotopic (exact) mass is 471 g/mol. The van der Waals surface area contributed by atoms with Gasteiger partial charge in [-0.05, 0) is 37.0 Å². The fourth-order valence-electron chi connectivity index (χ4n) is 4.19. The number of thiophene rings is 1. The van der Waals surface area contributed by atoms with E-state index in [-0.39, 0.29) is 17.6 Å². The van der Waals surface area contributed by atoms with Gasteiger partial charge in [-0.15, -0.1) is 11.3 Å². The molecule has 0 unspecified atom stereocenters. The van der Waals surface area contributed by atoms with Gasteiger partial charge in [0.05, 0.1) is 17.7 Å². The van der Waals surface area contributed by atoms with Gasteiger partial charge in [-0.3, -0.25) is 9.59 Å². The van der Waals surface area contributed by atoms with Crippen molar-refractivity contribution in [3.63, 3.8) is 0 Å². The maximum atomic E-state index is 12.5. The molecule has 2 aliphatic rings. The van der Waals surface area contributed by atoms with Crippen molar-refractivity contribution in [2.24, 2.45) is 0 Å². The average molecular weight is 472 g/mol. The fraction of sp³-hybridized carbons (Fsp3) is 0.435. The van der Waals surface area contributed by atoms with Gasteiger partial charge in [0.2, 0.25) is 5.91 Å². The largest absolute Gasteiger partial charge is 0.486 e. The van der Waals surface area contributed by atoms with Crippen LogP contribution < -0.4 is 15.0 Å². The quantitative estimate of drug-likeness (QED) is 0.532. The molecule has 0 fully saturated rings. The van der Waals surface area contributed by atoms with Crippen molar-refractivity contribution in [3.8, 4) is 11.5 Å². The van der Waals surface area contributed by atoms with Gasteiger partial charge in [0.25, 0.3) is 5.56 Å². The van der Waals surface area contributed by atoms with Gasteiger partial charge in [-0.25, -0.2) is 4.98 Å². The topological polar surface area (TPSA) is 84.5 Å². The first kappa shape index (κ1) is 21.3. The summed E-state index contributed by atoms with van der Waals surface area (Å²) in [5, 5.41) is 0.782. The molecule has 7 nitrogen and oxygen atoms in total. The van der Waals surface area contributed by atoms with Crippen LogP contribution in [-0.2, 0) is 23.4 Å². The zero-order valence-electron chi connectivity index (χ0n) is 17.9. The van der Waals surface area contributed by atoms with Crippen molar-refractivity contribution in [2.45, 2.75) is 37.5 Å². The van der Waals surface area contributed by atoms with E-state index in [1.54, 1.807) is 35.0 Å². The van der Waals surface area contributed by atoms with E-state index in [1.807, 2.05) is 24.3 Å². The Morgan fingerprint density at radius 2 is 2.16 bits per heavy atom. The molecule has 32 heavy (non-hydrogen) atoms. The molecule has 5 rings (SSSR count). The molecule has 1 aliphatic carbocycles. The number of carbonyl (C=O) groups excluding carboxylic acids is 1. The molecule has 1 atom stereocenters. The number of aromatic amines is 1. The lowest BCUT2D eigenvalue weighted by atomic mass is 10.2. The van der Waals surface area contributed by atoms with Crippen LogP contribution in [0.5, 0.6) is 11.5 Å². The van der Waals surface area contributed by atoms with Crippen molar-refractivity contribution in [1.82, 2.24) is 14.9 Å². The van der Waals surface area contributed by atoms with E-state index in [2.05, 4.69) is 9.97 Å². The van der Waals surface area contributed by atoms with E-state index in [4.69, 9.17) is 9.47 Å². The molecule has 0 spiro atoms. The molecule has 1 aliphatic heterocycles. The number of rotatable bonds is 7. The van der Waals surface area contributed by atoms with E-state index >= 15 is 0 Å². The van der Waals surface area contributed by atoms with Crippen molar-refractivity contribution in [1.29, 1.82) is 0 Å². The molecule has 3 aromatic rings. The number of hydrogen-bond donors (Lipinski definition) is 1. The number of nitrogens with one attached hydrogen (secondary N) is 1. The standard InChI is InChI=1S/C23H25N3O4S2/c1-26(11-14-12-29-16-6-2-3-7-17(16)30-14)20(27)9-10-31-13-19-24-22(28)21-15-5-4-8-18(15)32-23(21)25-19/h2-3,6-7,14H,4-5,8-13H2,1H3,(H,24,25,28)/t14-/m0/s1. The zero-order chi connectivity index (χ0) is 22.1. The number of thioether (sulfide) groups is 1. The molecule has 3 heterocycles. The fourth-order valence-corrected chi connectivity index (χ4v) is 6.27. The first-order valence-electron chi connectivity index (χ1n) is 10.8. The molecule has 1 amide bonds. The number of fused-ring (bicyclic) bond motifs is 4. The summed E-state index contributed by atoms with van der Waals surface area (Å²) in [5.41, 5.74) is 1.17. The molecular weight excluding hydrogens is 446 g/mol. The summed E-state index contributed by atoms with van der Waals surface area (Å²) in [7, 11) is 1.79. The van der Waals surface area contributed by atoms with E-state index in [1.165, 1.54) is 10.4 Å². The van der Waals surface area contributed by atoms with Gasteiger partial charge in [0.15, 0.2) is 17.6 Å². The first-order chi connectivity index (χ1) is 15.6. The Hall–Kier alpha value is -2.52. The summed E-state index contributed by atoms with van der Waals surface area (Å²) in [6.45, 7) is 0.906. The van der Waals surface area contributed by atoms with Crippen molar-refractivity contribution in [3.05, 3.63) is 50.9 Å². The van der Waals surface area contributed by atoms with Crippen LogP contribution in [0.2, 0.25) is 0 Å². The SMILES string of the molecule is CN(C[C@H]1COc2ccccc2O1)C(=O)CCSCc1nc2sc3c(c2c(=O)[nH]1)CCC3. The summed E-state index contributed by atoms with van der Waals surface area (Å²) in [5.74, 6) is 3.45. The van der Waals surface area contributed by atoms with Gasteiger partial charge in [-0.1, -0.05) is 12.1 Å². The number of para-hydroxylation sites is 2. The summed E-state index contributed by atoms with van der Waals surface area (Å²) in [4.78, 5) is 36.5. The number of amides is 1. The molecular formula is C23H25N3O4S2. The Labute approximate surface area is 194 Å². The molecule has 0 bridgehead atoms. The highest BCUT2D eigenvalue weighted by atomic mass is 32.2. The van der Waals surface area contributed by atoms with Crippen LogP contribution in [0.15, 0.2) is 29.1 Å². The Morgan fingerprint density at radius 3 is 3.03 bits per heavy atom. The van der Waals surface area contributed by atoms with Crippen LogP contribution >= 0.6 is 23.1 Å². The maximum absolute atomic E-state index is 12.5. The lowest BCUT2D eigenvalue weighted by molar-refractivity contribution is -0.130. The van der Waals surface area contributed by atoms with Gasteiger partial charge in [0, 0.05) is 24.1 Å². The van der Waals surface area contributed by atoms with Crippen LogP contribution in [0.3, 0.4) is 0 Å². The van der Waals surface area contributed by atoms with Gasteiger partial charge in [-0.2, -0.15) is 11.8 Å². The third kappa shape index (κ3) is 4.36. The Kier molecular flexibility index (Phi) is 6.10. The number of likely N-dealkylation sites (N-methyl/N-ethyl adjacent to an activating group) is 1. The van der Waals surface area contributed by atoms with Crippen LogP contribution in [-0.4, -0.2) is 52.8 Å². The second-order valence-electron chi connectivity index (χ2n) is 8.12. The van der Waals surface area contributed by atoms with Gasteiger partial charge < -0.3 is 19.4 Å². The van der Waals surface area contributed by atoms with Crippen molar-refractivity contribution in [2.75, 3.05) is 26.0 Å². The Morgan fingerprint density at radius 1 is 1.31 bits per heavy atom. The predicted molar refractivity (Wildman–Crippen MR) is 127 cm³/mol. The van der Waals surface area contributed by atoms with E-state index in [9.17, 15) is 9.59 Å². The Balaban J connectivity index is 1.09. The number of benzene rings is 1. The number of carbonyl (C=O) groups is 1. The van der Waals surface area contributed by atoms with Crippen LogP contribution in [0.1, 0.15) is 29.1 Å². The molecule has 0 saturated heterocycles. The highest BCUT2D eigenvalue weighted by molar-refractivity contribution is 7.98. The smallest absolute Gasteiger partial charge is 0.259 e. The minimum absolute atomic E-state index is 0.0305. The van der Waals surface area contributed by atoms with E-state index < -0.39 is 0 Å². The number of aryl methyl sites for hydroxylation is 2. The summed E-state index contributed by atoms with van der Waals surface area (Å²) in [6.07, 6.45) is 3.41. The molecule has 1 N–H and O–H groups in total. The molecule has 2 aromatic heterocycles.